The van der Waals surface area contributed by atoms with E-state index in [1.165, 1.54) is 6.08 Å². The molecule has 1 amide bonds. The van der Waals surface area contributed by atoms with Gasteiger partial charge in [-0.3, -0.25) is 4.79 Å². The summed E-state index contributed by atoms with van der Waals surface area (Å²) in [6.07, 6.45) is 0.568. The minimum Gasteiger partial charge on any atom is -0.488 e. The van der Waals surface area contributed by atoms with Gasteiger partial charge in [-0.25, -0.2) is 4.79 Å². The normalized spacial score (nSPS) is 15.3. The fourth-order valence-electron chi connectivity index (χ4n) is 3.92. The zero-order valence-electron chi connectivity index (χ0n) is 23.8. The number of amides is 1. The number of aliphatic hydroxyl groups excluding tert-OH is 2. The first-order chi connectivity index (χ1) is 18.1. The topological polar surface area (TPSA) is 125 Å². The van der Waals surface area contributed by atoms with E-state index in [9.17, 15) is 24.9 Å². The van der Waals surface area contributed by atoms with Crippen LogP contribution in [0.25, 0.3) is 0 Å². The molecule has 2 aromatic rings. The van der Waals surface area contributed by atoms with Crippen molar-refractivity contribution in [3.8, 4) is 5.75 Å². The van der Waals surface area contributed by atoms with Crippen LogP contribution in [0.1, 0.15) is 59.1 Å². The van der Waals surface area contributed by atoms with E-state index in [2.05, 4.69) is 5.32 Å². The molecule has 2 aromatic carbocycles. The Hall–Kier alpha value is -3.36. The van der Waals surface area contributed by atoms with Crippen LogP contribution in [0.2, 0.25) is 0 Å². The number of nitrogens with one attached hydrogen (secondary N) is 1. The summed E-state index contributed by atoms with van der Waals surface area (Å²) in [7, 11) is 0. The number of rotatable bonds is 12. The molecule has 0 radical (unpaired) electrons. The Bertz CT molecular complexity index is 1070. The number of carbonyl (C=O) groups excluding carboxylic acids is 1. The number of alkyl carbamates (subject to hydrolysis) is 1. The molecule has 4 N–H and O–H groups in total. The minimum atomic E-state index is -1.25. The number of carboxylic acid groups (broad SMARTS) is 1. The molecule has 0 aromatic heterocycles. The summed E-state index contributed by atoms with van der Waals surface area (Å²) < 4.78 is 11.2. The lowest BCUT2D eigenvalue weighted by molar-refractivity contribution is -0.144. The second kappa shape index (κ2) is 14.1. The van der Waals surface area contributed by atoms with Gasteiger partial charge in [-0.2, -0.15) is 0 Å². The summed E-state index contributed by atoms with van der Waals surface area (Å²) in [4.78, 5) is 24.3. The number of carbonyl (C=O) groups is 2. The van der Waals surface area contributed by atoms with Crippen LogP contribution in [0.3, 0.4) is 0 Å². The maximum absolute atomic E-state index is 12.5. The standard InChI is InChI=1S/C31H43NO7/c1-30(2,3)38-23-17-15-22(16-18-23)20-25(32-29(37)39-31(4,5)6)27(34)14-10-13-26(33)24(28(35)36)19-21-11-8-7-9-12-21/h7-13,15-18,24-27,33-34H,14,19-20H2,1-6H3,(H,32,37)(H,35,36)/b13-10+/t24-,25+,26-,27-/m1/s1. The van der Waals surface area contributed by atoms with Gasteiger partial charge in [0.2, 0.25) is 0 Å². The summed E-state index contributed by atoms with van der Waals surface area (Å²) in [6, 6.07) is 15.8. The van der Waals surface area contributed by atoms with Gasteiger partial charge in [-0.1, -0.05) is 54.6 Å². The molecule has 0 spiro atoms. The smallest absolute Gasteiger partial charge is 0.407 e. The quantitative estimate of drug-likeness (QED) is 0.281. The number of hydrogen-bond acceptors (Lipinski definition) is 6. The molecule has 8 heteroatoms. The zero-order chi connectivity index (χ0) is 29.2. The monoisotopic (exact) mass is 541 g/mol. The van der Waals surface area contributed by atoms with Crippen LogP contribution in [0, 0.1) is 5.92 Å². The molecule has 2 rings (SSSR count). The largest absolute Gasteiger partial charge is 0.488 e. The summed E-state index contributed by atoms with van der Waals surface area (Å²) >= 11 is 0. The van der Waals surface area contributed by atoms with Gasteiger partial charge in [-0.05, 0) is 84.1 Å². The van der Waals surface area contributed by atoms with Gasteiger partial charge in [0, 0.05) is 0 Å². The van der Waals surface area contributed by atoms with Crippen LogP contribution in [-0.2, 0) is 22.4 Å². The van der Waals surface area contributed by atoms with E-state index < -0.39 is 41.8 Å². The molecule has 8 nitrogen and oxygen atoms in total. The summed E-state index contributed by atoms with van der Waals surface area (Å²) in [5.74, 6) is -1.44. The first kappa shape index (κ1) is 31.9. The molecule has 39 heavy (non-hydrogen) atoms. The van der Waals surface area contributed by atoms with Gasteiger partial charge >= 0.3 is 12.1 Å². The third-order valence-electron chi connectivity index (χ3n) is 5.71. The number of ether oxygens (including phenoxy) is 2. The Balaban J connectivity index is 2.11. The van der Waals surface area contributed by atoms with Crippen molar-refractivity contribution < 1.29 is 34.4 Å². The number of benzene rings is 2. The fourth-order valence-corrected chi connectivity index (χ4v) is 3.92. The van der Waals surface area contributed by atoms with Crippen LogP contribution in [0.15, 0.2) is 66.7 Å². The van der Waals surface area contributed by atoms with Crippen molar-refractivity contribution in [1.29, 1.82) is 0 Å². The Labute approximate surface area is 231 Å². The average molecular weight is 542 g/mol. The third-order valence-corrected chi connectivity index (χ3v) is 5.71. The Kier molecular flexibility index (Phi) is 11.6. The molecule has 0 unspecified atom stereocenters. The summed E-state index contributed by atoms with van der Waals surface area (Å²) in [5, 5.41) is 33.9. The molecule has 0 aliphatic rings. The molecule has 4 atom stereocenters. The van der Waals surface area contributed by atoms with E-state index in [1.54, 1.807) is 26.8 Å². The first-order valence-electron chi connectivity index (χ1n) is 13.2. The van der Waals surface area contributed by atoms with Gasteiger partial charge in [0.05, 0.1) is 24.2 Å². The van der Waals surface area contributed by atoms with E-state index in [1.807, 2.05) is 75.4 Å². The van der Waals surface area contributed by atoms with Crippen LogP contribution < -0.4 is 10.1 Å². The van der Waals surface area contributed by atoms with Crippen molar-refractivity contribution in [2.45, 2.75) is 90.3 Å². The molecular formula is C31H43NO7. The number of carboxylic acids is 1. The molecule has 0 aliphatic heterocycles. The van der Waals surface area contributed by atoms with Gasteiger partial charge in [-0.15, -0.1) is 0 Å². The molecule has 0 bridgehead atoms. The van der Waals surface area contributed by atoms with Crippen LogP contribution in [0.4, 0.5) is 4.79 Å². The van der Waals surface area contributed by atoms with Crippen LogP contribution in [-0.4, -0.2) is 56.8 Å². The van der Waals surface area contributed by atoms with E-state index >= 15 is 0 Å². The Morgan fingerprint density at radius 2 is 1.46 bits per heavy atom. The van der Waals surface area contributed by atoms with Gasteiger partial charge < -0.3 is 30.1 Å². The zero-order valence-corrected chi connectivity index (χ0v) is 23.8. The molecule has 0 heterocycles. The molecule has 0 fully saturated rings. The predicted molar refractivity (Wildman–Crippen MR) is 151 cm³/mol. The molecule has 0 saturated heterocycles. The van der Waals surface area contributed by atoms with Crippen molar-refractivity contribution in [2.75, 3.05) is 0 Å². The highest BCUT2D eigenvalue weighted by Gasteiger charge is 2.27. The molecular weight excluding hydrogens is 498 g/mol. The van der Waals surface area contributed by atoms with Gasteiger partial charge in [0.25, 0.3) is 0 Å². The number of aliphatic hydroxyl groups is 2. The maximum atomic E-state index is 12.5. The van der Waals surface area contributed by atoms with Crippen LogP contribution >= 0.6 is 0 Å². The van der Waals surface area contributed by atoms with Crippen molar-refractivity contribution in [3.05, 3.63) is 77.9 Å². The Morgan fingerprint density at radius 1 is 0.872 bits per heavy atom. The Morgan fingerprint density at radius 3 is 2.00 bits per heavy atom. The third kappa shape index (κ3) is 12.4. The van der Waals surface area contributed by atoms with Crippen molar-refractivity contribution in [1.82, 2.24) is 5.32 Å². The van der Waals surface area contributed by atoms with E-state index in [0.29, 0.717) is 12.2 Å². The highest BCUT2D eigenvalue weighted by molar-refractivity contribution is 5.71. The van der Waals surface area contributed by atoms with Gasteiger partial charge in [0.15, 0.2) is 0 Å². The molecule has 214 valence electrons. The first-order valence-corrected chi connectivity index (χ1v) is 13.2. The van der Waals surface area contributed by atoms with E-state index in [0.717, 1.165) is 11.1 Å². The van der Waals surface area contributed by atoms with Gasteiger partial charge in [0.1, 0.15) is 17.0 Å². The number of aliphatic carboxylic acids is 1. The molecule has 0 saturated carbocycles. The van der Waals surface area contributed by atoms with E-state index in [4.69, 9.17) is 9.47 Å². The van der Waals surface area contributed by atoms with Crippen molar-refractivity contribution in [2.24, 2.45) is 5.92 Å². The summed E-state index contributed by atoms with van der Waals surface area (Å²) in [6.45, 7) is 11.1. The predicted octanol–water partition coefficient (Wildman–Crippen LogP) is 4.91. The van der Waals surface area contributed by atoms with Crippen molar-refractivity contribution in [3.63, 3.8) is 0 Å². The average Bonchev–Trinajstić information content (AvgIpc) is 2.81. The highest BCUT2D eigenvalue weighted by Crippen LogP contribution is 2.20. The highest BCUT2D eigenvalue weighted by atomic mass is 16.6. The fraction of sp³-hybridized carbons (Fsp3) is 0.484. The lowest BCUT2D eigenvalue weighted by Gasteiger charge is -2.27. The molecule has 0 aliphatic carbocycles. The second-order valence-electron chi connectivity index (χ2n) is 11.7. The maximum Gasteiger partial charge on any atom is 0.407 e. The van der Waals surface area contributed by atoms with Crippen molar-refractivity contribution >= 4 is 12.1 Å². The summed E-state index contributed by atoms with van der Waals surface area (Å²) in [5.41, 5.74) is 0.628. The van der Waals surface area contributed by atoms with E-state index in [-0.39, 0.29) is 18.4 Å². The lowest BCUT2D eigenvalue weighted by Crippen LogP contribution is -2.46. The second-order valence-corrected chi connectivity index (χ2v) is 11.7. The number of hydrogen-bond donors (Lipinski definition) is 4. The minimum absolute atomic E-state index is 0.0837. The van der Waals surface area contributed by atoms with Crippen LogP contribution in [0.5, 0.6) is 5.75 Å². The SMILES string of the molecule is CC(C)(C)OC(=O)N[C@@H](Cc1ccc(OC(C)(C)C)cc1)[C@H](O)C/C=C/[C@@H](O)[C@@H](Cc1ccccc1)C(=O)O. The lowest BCUT2D eigenvalue weighted by atomic mass is 9.93.